The molecule has 6 aromatic rings. The van der Waals surface area contributed by atoms with Crippen molar-refractivity contribution >= 4 is 0 Å². The summed E-state index contributed by atoms with van der Waals surface area (Å²) in [6.45, 7) is 0. The molecule has 1 unspecified atom stereocenters. The molecule has 0 radical (unpaired) electrons. The first kappa shape index (κ1) is 39.3. The van der Waals surface area contributed by atoms with Crippen LogP contribution in [0.25, 0.3) is 0 Å². The molecule has 0 saturated heterocycles. The van der Waals surface area contributed by atoms with Gasteiger partial charge in [-0.05, 0) is 53.6 Å². The van der Waals surface area contributed by atoms with Gasteiger partial charge in [0.25, 0.3) is 0 Å². The Morgan fingerprint density at radius 1 is 0.460 bits per heavy atom. The van der Waals surface area contributed by atoms with E-state index in [1.54, 1.807) is 0 Å². The Morgan fingerprint density at radius 2 is 1.03 bits per heavy atom. The van der Waals surface area contributed by atoms with Gasteiger partial charge in [-0.2, -0.15) is 0 Å². The smallest absolute Gasteiger partial charge is 0.305 e. The lowest BCUT2D eigenvalue weighted by atomic mass is 9.72. The monoisotopic (exact) mass is 864 g/mol. The first-order valence-corrected chi connectivity index (χ1v) is 19.3. The molecule has 0 fully saturated rings. The number of aromatic hydroxyl groups is 11. The highest BCUT2D eigenvalue weighted by Crippen LogP contribution is 2.65. The van der Waals surface area contributed by atoms with E-state index in [1.165, 1.54) is 30.3 Å². The van der Waals surface area contributed by atoms with Crippen LogP contribution in [0.2, 0.25) is 0 Å². The summed E-state index contributed by atoms with van der Waals surface area (Å²) in [6.07, 6.45) is -8.07. The summed E-state index contributed by atoms with van der Waals surface area (Å²) in [7, 11) is 0. The molecule has 14 N–H and O–H groups in total. The Balaban J connectivity index is 1.22. The van der Waals surface area contributed by atoms with Crippen molar-refractivity contribution in [3.8, 4) is 86.2 Å². The third-order valence-electron chi connectivity index (χ3n) is 12.2. The van der Waals surface area contributed by atoms with Crippen LogP contribution in [-0.2, 0) is 12.2 Å². The fourth-order valence-corrected chi connectivity index (χ4v) is 9.31. The maximum Gasteiger partial charge on any atom is 0.305 e. The molecular formula is C45H36O18. The van der Waals surface area contributed by atoms with E-state index in [-0.39, 0.29) is 68.4 Å². The van der Waals surface area contributed by atoms with Crippen LogP contribution in [0.4, 0.5) is 0 Å². The van der Waals surface area contributed by atoms with Gasteiger partial charge < -0.3 is 90.4 Å². The van der Waals surface area contributed by atoms with Crippen molar-refractivity contribution in [1.29, 1.82) is 0 Å². The number of hydrogen-bond acceptors (Lipinski definition) is 18. The molecule has 18 nitrogen and oxygen atoms in total. The van der Waals surface area contributed by atoms with Crippen molar-refractivity contribution < 1.29 is 90.4 Å². The van der Waals surface area contributed by atoms with Crippen molar-refractivity contribution in [2.75, 3.05) is 0 Å². The zero-order chi connectivity index (χ0) is 44.5. The van der Waals surface area contributed by atoms with E-state index in [4.69, 9.17) is 18.9 Å². The molecule has 4 aliphatic heterocycles. The molecular weight excluding hydrogens is 828 g/mol. The number of phenols is 11. The molecule has 0 spiro atoms. The summed E-state index contributed by atoms with van der Waals surface area (Å²) in [5, 5.41) is 156. The molecule has 0 aromatic heterocycles. The van der Waals surface area contributed by atoms with Crippen LogP contribution < -0.4 is 18.9 Å². The van der Waals surface area contributed by atoms with E-state index in [1.807, 2.05) is 0 Å². The molecule has 4 aliphatic rings. The molecule has 18 heteroatoms. The number of benzene rings is 6. The highest BCUT2D eigenvalue weighted by Gasteiger charge is 2.61. The molecule has 10 rings (SSSR count). The summed E-state index contributed by atoms with van der Waals surface area (Å²) in [4.78, 5) is 0. The number of ether oxygens (including phenoxy) is 4. The maximum absolute atomic E-state index is 12.7. The van der Waals surface area contributed by atoms with Crippen LogP contribution in [0.15, 0.2) is 78.9 Å². The van der Waals surface area contributed by atoms with Gasteiger partial charge in [0.15, 0.2) is 40.6 Å². The molecule has 4 heterocycles. The lowest BCUT2D eigenvalue weighted by Crippen LogP contribution is -2.57. The van der Waals surface area contributed by atoms with Crippen LogP contribution in [0.5, 0.6) is 86.2 Å². The van der Waals surface area contributed by atoms with Crippen LogP contribution in [0, 0.1) is 0 Å². The second-order valence-corrected chi connectivity index (χ2v) is 15.9. The van der Waals surface area contributed by atoms with Crippen LogP contribution in [-0.4, -0.2) is 89.8 Å². The number of fused-ring (bicyclic) bond motifs is 9. The van der Waals surface area contributed by atoms with Crippen LogP contribution >= 0.6 is 0 Å². The van der Waals surface area contributed by atoms with E-state index < -0.39 is 117 Å². The van der Waals surface area contributed by atoms with Gasteiger partial charge in [0, 0.05) is 64.1 Å². The number of phenolic OH excluding ortho intramolecular Hbond substituents is 11. The van der Waals surface area contributed by atoms with Gasteiger partial charge in [-0.25, -0.2) is 0 Å². The van der Waals surface area contributed by atoms with Crippen molar-refractivity contribution in [3.05, 3.63) is 123 Å². The van der Waals surface area contributed by atoms with Gasteiger partial charge in [-0.1, -0.05) is 12.1 Å². The van der Waals surface area contributed by atoms with Gasteiger partial charge >= 0.3 is 5.79 Å². The Morgan fingerprint density at radius 3 is 1.67 bits per heavy atom. The zero-order valence-electron chi connectivity index (χ0n) is 32.1. The van der Waals surface area contributed by atoms with Crippen molar-refractivity contribution in [2.24, 2.45) is 0 Å². The highest BCUT2D eigenvalue weighted by atomic mass is 16.7. The second-order valence-electron chi connectivity index (χ2n) is 15.9. The summed E-state index contributed by atoms with van der Waals surface area (Å²) < 4.78 is 25.3. The molecule has 8 atom stereocenters. The van der Waals surface area contributed by atoms with Crippen LogP contribution in [0.3, 0.4) is 0 Å². The van der Waals surface area contributed by atoms with E-state index in [2.05, 4.69) is 0 Å². The maximum atomic E-state index is 12.7. The van der Waals surface area contributed by atoms with Crippen molar-refractivity contribution in [3.63, 3.8) is 0 Å². The first-order valence-electron chi connectivity index (χ1n) is 19.3. The minimum Gasteiger partial charge on any atom is -0.508 e. The zero-order valence-corrected chi connectivity index (χ0v) is 32.1. The Labute approximate surface area is 354 Å². The molecule has 0 saturated carbocycles. The van der Waals surface area contributed by atoms with Gasteiger partial charge in [0.05, 0.1) is 17.9 Å². The molecule has 6 aromatic carbocycles. The van der Waals surface area contributed by atoms with Gasteiger partial charge in [-0.3, -0.25) is 0 Å². The summed E-state index contributed by atoms with van der Waals surface area (Å²) in [5.74, 6) is -12.7. The van der Waals surface area contributed by atoms with Crippen molar-refractivity contribution in [1.82, 2.24) is 0 Å². The largest absolute Gasteiger partial charge is 0.508 e. The Hall–Kier alpha value is -7.80. The number of hydrogen-bond donors (Lipinski definition) is 14. The standard InChI is InChI=1S/C45H36O18/c46-18-10-27(54)33-30(11-18)60-42(16-2-5-21(48)25(52)8-16)40(58)37(33)34-28(55)14-31-35(39(34)57)38-36-32(63-45(62-31,44(38)59)17-3-6-22(49)26(53)9-17)13-23(50)19-12-29(56)41(61-43(19)36)15-1-4-20(47)24(51)7-15/h1-11,13-14,29,37-38,40-42,44,46-59H,12H2/t29-,37?,38-,40-,41-,42-,44-,45+/m1/s1. The molecule has 0 amide bonds. The average Bonchev–Trinajstić information content (AvgIpc) is 3.22. The van der Waals surface area contributed by atoms with E-state index in [0.29, 0.717) is 0 Å². The minimum absolute atomic E-state index is 0.0246. The highest BCUT2D eigenvalue weighted by molar-refractivity contribution is 5.72. The normalized spacial score (nSPS) is 25.2. The Kier molecular flexibility index (Phi) is 8.49. The lowest BCUT2D eigenvalue weighted by molar-refractivity contribution is -0.219. The van der Waals surface area contributed by atoms with E-state index >= 15 is 0 Å². The van der Waals surface area contributed by atoms with Crippen molar-refractivity contribution in [2.45, 2.75) is 54.6 Å². The topological polar surface area (TPSA) is 320 Å². The second kappa shape index (κ2) is 13.6. The lowest BCUT2D eigenvalue weighted by Gasteiger charge is -2.51. The predicted molar refractivity (Wildman–Crippen MR) is 212 cm³/mol. The quantitative estimate of drug-likeness (QED) is 0.110. The Bertz CT molecular complexity index is 2910. The number of rotatable bonds is 4. The number of aliphatic hydroxyl groups excluding tert-OH is 3. The molecule has 324 valence electrons. The molecule has 63 heavy (non-hydrogen) atoms. The van der Waals surface area contributed by atoms with Gasteiger partial charge in [0.2, 0.25) is 0 Å². The predicted octanol–water partition coefficient (Wildman–Crippen LogP) is 4.24. The molecule has 0 aliphatic carbocycles. The first-order chi connectivity index (χ1) is 30.0. The third-order valence-corrected chi connectivity index (χ3v) is 12.2. The number of aliphatic hydroxyl groups is 3. The third kappa shape index (κ3) is 5.68. The average molecular weight is 865 g/mol. The fourth-order valence-electron chi connectivity index (χ4n) is 9.31. The summed E-state index contributed by atoms with van der Waals surface area (Å²) in [6, 6.07) is 15.0. The summed E-state index contributed by atoms with van der Waals surface area (Å²) in [5.41, 5.74) is -0.683. The van der Waals surface area contributed by atoms with Gasteiger partial charge in [-0.15, -0.1) is 0 Å². The molecule has 2 bridgehead atoms. The van der Waals surface area contributed by atoms with Gasteiger partial charge in [0.1, 0.15) is 70.1 Å². The SMILES string of the molecule is Oc1cc(O)c2c(c1)O[C@H](c1ccc(O)c(O)c1)[C@H](O)C2c1c(O)cc2c(c1O)[C@@H]1c3c(cc(O)c4c3O[C@H](c3ccc(O)c(O)c3)[C@H](O)C4)O[C@](c3ccc(O)c(O)c3)(O2)[C@@H]1O. The minimum atomic E-state index is -2.36. The van der Waals surface area contributed by atoms with E-state index in [0.717, 1.165) is 48.5 Å². The fraction of sp³-hybridized carbons (Fsp3) is 0.200. The van der Waals surface area contributed by atoms with Crippen LogP contribution in [0.1, 0.15) is 68.6 Å². The summed E-state index contributed by atoms with van der Waals surface area (Å²) >= 11 is 0. The van der Waals surface area contributed by atoms with E-state index in [9.17, 15) is 71.5 Å².